The van der Waals surface area contributed by atoms with Gasteiger partial charge in [0.05, 0.1) is 12.0 Å². The molecule has 0 fully saturated rings. The van der Waals surface area contributed by atoms with Crippen LogP contribution in [0.3, 0.4) is 0 Å². The van der Waals surface area contributed by atoms with E-state index in [0.29, 0.717) is 5.56 Å². The molecule has 1 heterocycles. The summed E-state index contributed by atoms with van der Waals surface area (Å²) in [6, 6.07) is 4.12. The molecule has 11 heteroatoms. The minimum Gasteiger partial charge on any atom is -0.411 e. The Labute approximate surface area is 145 Å². The molecular formula is C14H18FN3O5S2. The summed E-state index contributed by atoms with van der Waals surface area (Å²) in [5.74, 6) is -1.31. The molecule has 0 saturated carbocycles. The topological polar surface area (TPSA) is 119 Å². The molecule has 1 aromatic carbocycles. The van der Waals surface area contributed by atoms with E-state index in [9.17, 15) is 21.2 Å². The average Bonchev–Trinajstić information content (AvgIpc) is 2.96. The van der Waals surface area contributed by atoms with E-state index in [4.69, 9.17) is 4.42 Å². The van der Waals surface area contributed by atoms with Crippen LogP contribution in [-0.4, -0.2) is 33.3 Å². The van der Waals surface area contributed by atoms with Crippen LogP contribution in [0.5, 0.6) is 0 Å². The summed E-state index contributed by atoms with van der Waals surface area (Å²) in [5.41, 5.74) is 0.357. The van der Waals surface area contributed by atoms with E-state index in [-0.39, 0.29) is 11.8 Å². The van der Waals surface area contributed by atoms with Gasteiger partial charge in [0, 0.05) is 0 Å². The lowest BCUT2D eigenvalue weighted by atomic mass is 10.1. The van der Waals surface area contributed by atoms with Gasteiger partial charge in [-0.3, -0.25) is 0 Å². The smallest absolute Gasteiger partial charge is 0.335 e. The average molecular weight is 391 g/mol. The number of hydrogen-bond donors (Lipinski definition) is 1. The highest BCUT2D eigenvalue weighted by Crippen LogP contribution is 2.24. The first-order valence-electron chi connectivity index (χ1n) is 7.26. The number of rotatable bonds is 7. The fourth-order valence-corrected chi connectivity index (χ4v) is 4.00. The van der Waals surface area contributed by atoms with Gasteiger partial charge in [0.2, 0.25) is 25.8 Å². The molecule has 8 nitrogen and oxygen atoms in total. The Hall–Kier alpha value is -1.85. The molecule has 138 valence electrons. The van der Waals surface area contributed by atoms with Crippen molar-refractivity contribution in [2.75, 3.05) is 6.26 Å². The summed E-state index contributed by atoms with van der Waals surface area (Å²) in [4.78, 5) is 0. The van der Waals surface area contributed by atoms with Crippen LogP contribution >= 0.6 is 0 Å². The van der Waals surface area contributed by atoms with Crippen molar-refractivity contribution in [3.63, 3.8) is 0 Å². The second-order valence-corrected chi connectivity index (χ2v) is 9.55. The Balaban J connectivity index is 2.27. The lowest BCUT2D eigenvalue weighted by Gasteiger charge is -2.16. The molecule has 2 rings (SSSR count). The maximum absolute atomic E-state index is 12.9. The highest BCUT2D eigenvalue weighted by atomic mass is 32.2. The molecule has 0 saturated heterocycles. The number of hydrogen-bond acceptors (Lipinski definition) is 7. The van der Waals surface area contributed by atoms with Gasteiger partial charge in [-0.15, -0.1) is 5.10 Å². The van der Waals surface area contributed by atoms with E-state index in [1.807, 2.05) is 0 Å². The number of nitrogens with one attached hydrogen (secondary N) is 1. The van der Waals surface area contributed by atoms with Crippen molar-refractivity contribution in [1.82, 2.24) is 14.9 Å². The van der Waals surface area contributed by atoms with Gasteiger partial charge in [0.15, 0.2) is 0 Å². The van der Waals surface area contributed by atoms with Crippen LogP contribution in [0.15, 0.2) is 33.9 Å². The first-order chi connectivity index (χ1) is 11.5. The lowest BCUT2D eigenvalue weighted by molar-refractivity contribution is 0.327. The predicted molar refractivity (Wildman–Crippen MR) is 87.1 cm³/mol. The molecule has 2 aromatic rings. The summed E-state index contributed by atoms with van der Waals surface area (Å²) < 4.78 is 68.0. The number of benzene rings is 1. The Morgan fingerprint density at radius 2 is 1.72 bits per heavy atom. The molecule has 1 atom stereocenters. The van der Waals surface area contributed by atoms with Gasteiger partial charge in [-0.25, -0.2) is 25.9 Å². The first kappa shape index (κ1) is 19.5. The molecule has 0 bridgehead atoms. The standard InChI is InChI=1S/C14H18FN3O5S2/c1-9(2)12(18-24(3,19)20)13-16-17-14(23-13)25(21,22)8-10-4-6-11(15)7-5-10/h4-7,9,12,18H,8H2,1-3H3/t12-/m0/s1. The van der Waals surface area contributed by atoms with Crippen LogP contribution < -0.4 is 4.72 Å². The monoisotopic (exact) mass is 391 g/mol. The van der Waals surface area contributed by atoms with Crippen LogP contribution in [0, 0.1) is 11.7 Å². The minimum atomic E-state index is -3.95. The van der Waals surface area contributed by atoms with Crippen molar-refractivity contribution < 1.29 is 25.6 Å². The Morgan fingerprint density at radius 3 is 2.24 bits per heavy atom. The van der Waals surface area contributed by atoms with Crippen LogP contribution in [-0.2, 0) is 25.6 Å². The third kappa shape index (κ3) is 5.31. The second-order valence-electron chi connectivity index (χ2n) is 5.90. The van der Waals surface area contributed by atoms with Gasteiger partial charge >= 0.3 is 5.22 Å². The maximum Gasteiger partial charge on any atom is 0.335 e. The van der Waals surface area contributed by atoms with Gasteiger partial charge in [-0.2, -0.15) is 0 Å². The van der Waals surface area contributed by atoms with Gasteiger partial charge < -0.3 is 4.42 Å². The van der Waals surface area contributed by atoms with Crippen molar-refractivity contribution in [2.24, 2.45) is 5.92 Å². The molecule has 0 unspecified atom stereocenters. The van der Waals surface area contributed by atoms with Crippen molar-refractivity contribution in [3.05, 3.63) is 41.5 Å². The zero-order valence-electron chi connectivity index (χ0n) is 13.8. The van der Waals surface area contributed by atoms with E-state index in [2.05, 4.69) is 14.9 Å². The van der Waals surface area contributed by atoms with Crippen molar-refractivity contribution in [3.8, 4) is 0 Å². The highest BCUT2D eigenvalue weighted by Gasteiger charge is 2.29. The van der Waals surface area contributed by atoms with Gasteiger partial charge in [-0.05, 0) is 23.6 Å². The Morgan fingerprint density at radius 1 is 1.12 bits per heavy atom. The van der Waals surface area contributed by atoms with Crippen LogP contribution in [0.2, 0.25) is 0 Å². The third-order valence-electron chi connectivity index (χ3n) is 3.23. The molecule has 0 amide bonds. The van der Waals surface area contributed by atoms with Gasteiger partial charge in [-0.1, -0.05) is 31.1 Å². The largest absolute Gasteiger partial charge is 0.411 e. The quantitative estimate of drug-likeness (QED) is 0.758. The SMILES string of the molecule is CC(C)[C@H](NS(C)(=O)=O)c1nnc(S(=O)(=O)Cc2ccc(F)cc2)o1. The number of halogens is 1. The number of nitrogens with zero attached hydrogens (tertiary/aromatic N) is 2. The molecule has 0 aliphatic carbocycles. The van der Waals surface area contributed by atoms with E-state index < -0.39 is 42.7 Å². The molecule has 0 radical (unpaired) electrons. The molecule has 25 heavy (non-hydrogen) atoms. The van der Waals surface area contributed by atoms with E-state index in [1.54, 1.807) is 13.8 Å². The van der Waals surface area contributed by atoms with E-state index >= 15 is 0 Å². The molecule has 1 aromatic heterocycles. The van der Waals surface area contributed by atoms with Gasteiger partial charge in [0.1, 0.15) is 11.9 Å². The zero-order valence-corrected chi connectivity index (χ0v) is 15.4. The fourth-order valence-electron chi connectivity index (χ4n) is 2.04. The fraction of sp³-hybridized carbons (Fsp3) is 0.429. The summed E-state index contributed by atoms with van der Waals surface area (Å²) in [6.07, 6.45) is 0.977. The Kier molecular flexibility index (Phi) is 5.59. The number of sulfonamides is 1. The van der Waals surface area contributed by atoms with Crippen LogP contribution in [0.4, 0.5) is 4.39 Å². The lowest BCUT2D eigenvalue weighted by Crippen LogP contribution is -2.31. The molecule has 0 spiro atoms. The zero-order chi connectivity index (χ0) is 18.8. The predicted octanol–water partition coefficient (Wildman–Crippen LogP) is 1.43. The highest BCUT2D eigenvalue weighted by molar-refractivity contribution is 7.90. The van der Waals surface area contributed by atoms with Crippen molar-refractivity contribution >= 4 is 19.9 Å². The summed E-state index contributed by atoms with van der Waals surface area (Å²) in [7, 11) is -7.51. The van der Waals surface area contributed by atoms with Crippen molar-refractivity contribution in [1.29, 1.82) is 0 Å². The number of aromatic nitrogens is 2. The second kappa shape index (κ2) is 7.18. The maximum atomic E-state index is 12.9. The van der Waals surface area contributed by atoms with Crippen LogP contribution in [0.25, 0.3) is 0 Å². The van der Waals surface area contributed by atoms with E-state index in [0.717, 1.165) is 18.4 Å². The molecule has 0 aliphatic heterocycles. The summed E-state index contributed by atoms with van der Waals surface area (Å²) in [6.45, 7) is 3.44. The Bertz CT molecular complexity index is 937. The molecule has 1 N–H and O–H groups in total. The minimum absolute atomic E-state index is 0.141. The number of sulfone groups is 1. The van der Waals surface area contributed by atoms with E-state index in [1.165, 1.54) is 12.1 Å². The normalized spacial score (nSPS) is 14.0. The van der Waals surface area contributed by atoms with Crippen LogP contribution in [0.1, 0.15) is 31.3 Å². The molecular weight excluding hydrogens is 373 g/mol. The van der Waals surface area contributed by atoms with Crippen molar-refractivity contribution in [2.45, 2.75) is 30.9 Å². The third-order valence-corrected chi connectivity index (χ3v) is 5.32. The first-order valence-corrected chi connectivity index (χ1v) is 10.8. The summed E-state index contributed by atoms with van der Waals surface area (Å²) in [5, 5.41) is 6.56. The summed E-state index contributed by atoms with van der Waals surface area (Å²) >= 11 is 0. The molecule has 0 aliphatic rings. The van der Waals surface area contributed by atoms with Gasteiger partial charge in [0.25, 0.3) is 0 Å².